The van der Waals surface area contributed by atoms with Crippen LogP contribution in [0.4, 0.5) is 0 Å². The van der Waals surface area contributed by atoms with Gasteiger partial charge in [0, 0.05) is 13.3 Å². The van der Waals surface area contributed by atoms with Gasteiger partial charge in [-0.2, -0.15) is 4.98 Å². The third-order valence-corrected chi connectivity index (χ3v) is 3.40. The van der Waals surface area contributed by atoms with Gasteiger partial charge in [-0.3, -0.25) is 4.79 Å². The fourth-order valence-electron chi connectivity index (χ4n) is 2.23. The molecule has 0 saturated carbocycles. The molecular weight excluding hydrogens is 218 g/mol. The summed E-state index contributed by atoms with van der Waals surface area (Å²) in [6.45, 7) is 7.07. The highest BCUT2D eigenvalue weighted by Gasteiger charge is 2.21. The van der Waals surface area contributed by atoms with Crippen LogP contribution in [0, 0.1) is 5.92 Å². The van der Waals surface area contributed by atoms with Crippen LogP contribution in [0.5, 0.6) is 0 Å². The predicted molar refractivity (Wildman–Crippen MR) is 62.8 cm³/mol. The van der Waals surface area contributed by atoms with Crippen LogP contribution in [0.1, 0.15) is 43.2 Å². The molecule has 0 atom stereocenters. The normalized spacial score (nSPS) is 18.5. The molecule has 0 radical (unpaired) electrons. The molecule has 2 heterocycles. The topological polar surface area (TPSA) is 59.2 Å². The van der Waals surface area contributed by atoms with E-state index in [0.717, 1.165) is 26.1 Å². The third kappa shape index (κ3) is 3.12. The molecule has 0 aliphatic carbocycles. The second-order valence-corrected chi connectivity index (χ2v) is 4.65. The van der Waals surface area contributed by atoms with E-state index in [-0.39, 0.29) is 11.6 Å². The first-order valence-electron chi connectivity index (χ1n) is 6.25. The number of likely N-dealkylation sites (tertiary alicyclic amines) is 1. The molecule has 1 aromatic rings. The minimum atomic E-state index is -0.138. The highest BCUT2D eigenvalue weighted by Crippen LogP contribution is 2.20. The molecule has 5 heteroatoms. The summed E-state index contributed by atoms with van der Waals surface area (Å²) in [7, 11) is 0. The van der Waals surface area contributed by atoms with Crippen LogP contribution < -0.4 is 0 Å². The molecule has 1 aromatic heterocycles. The van der Waals surface area contributed by atoms with Crippen molar-refractivity contribution in [3.63, 3.8) is 0 Å². The first-order valence-corrected chi connectivity index (χ1v) is 6.25. The molecular formula is C12H19N3O2. The maximum Gasteiger partial charge on any atom is 0.238 e. The summed E-state index contributed by atoms with van der Waals surface area (Å²) in [4.78, 5) is 17.6. The van der Waals surface area contributed by atoms with E-state index < -0.39 is 0 Å². The summed E-state index contributed by atoms with van der Waals surface area (Å²) < 4.78 is 5.09. The number of Topliss-reactive ketones (excluding diaryl/α,β-unsaturated/α-hetero) is 1. The molecule has 17 heavy (non-hydrogen) atoms. The predicted octanol–water partition coefficient (Wildman–Crippen LogP) is 1.55. The van der Waals surface area contributed by atoms with Crippen molar-refractivity contribution >= 4 is 5.78 Å². The van der Waals surface area contributed by atoms with Crippen LogP contribution >= 0.6 is 0 Å². The molecule has 0 unspecified atom stereocenters. The van der Waals surface area contributed by atoms with Crippen molar-refractivity contribution in [2.24, 2.45) is 5.92 Å². The minimum Gasteiger partial charge on any atom is -0.339 e. The molecule has 1 fully saturated rings. The molecule has 0 amide bonds. The Labute approximate surface area is 101 Å². The van der Waals surface area contributed by atoms with Gasteiger partial charge in [-0.1, -0.05) is 12.1 Å². The third-order valence-electron chi connectivity index (χ3n) is 3.40. The standard InChI is InChI=1S/C12H19N3O2/c1-3-15-6-4-10(5-7-15)8-11-13-12(9(2)16)14-17-11/h10H,3-8H2,1-2H3. The van der Waals surface area contributed by atoms with Crippen molar-refractivity contribution in [2.45, 2.75) is 33.1 Å². The number of aromatic nitrogens is 2. The zero-order valence-corrected chi connectivity index (χ0v) is 10.5. The van der Waals surface area contributed by atoms with E-state index >= 15 is 0 Å². The number of carbonyl (C=O) groups is 1. The van der Waals surface area contributed by atoms with E-state index in [1.165, 1.54) is 19.8 Å². The average Bonchev–Trinajstić information content (AvgIpc) is 2.79. The smallest absolute Gasteiger partial charge is 0.238 e. The lowest BCUT2D eigenvalue weighted by atomic mass is 9.93. The second kappa shape index (κ2) is 5.40. The van der Waals surface area contributed by atoms with Crippen molar-refractivity contribution in [1.29, 1.82) is 0 Å². The number of piperidine rings is 1. The molecule has 1 aliphatic rings. The van der Waals surface area contributed by atoms with Gasteiger partial charge in [0.2, 0.25) is 17.5 Å². The Hall–Kier alpha value is -1.23. The molecule has 94 valence electrons. The van der Waals surface area contributed by atoms with Gasteiger partial charge in [0.05, 0.1) is 0 Å². The molecule has 0 N–H and O–H groups in total. The fraction of sp³-hybridized carbons (Fsp3) is 0.750. The summed E-state index contributed by atoms with van der Waals surface area (Å²) in [5.41, 5.74) is 0. The van der Waals surface area contributed by atoms with Gasteiger partial charge < -0.3 is 9.42 Å². The van der Waals surface area contributed by atoms with E-state index in [1.54, 1.807) is 0 Å². The number of nitrogens with zero attached hydrogens (tertiary/aromatic N) is 3. The summed E-state index contributed by atoms with van der Waals surface area (Å²) >= 11 is 0. The van der Waals surface area contributed by atoms with Crippen LogP contribution in [-0.4, -0.2) is 40.5 Å². The van der Waals surface area contributed by atoms with Crippen molar-refractivity contribution in [3.8, 4) is 0 Å². The van der Waals surface area contributed by atoms with Gasteiger partial charge in [-0.05, 0) is 38.4 Å². The maximum atomic E-state index is 11.0. The Morgan fingerprint density at radius 2 is 2.18 bits per heavy atom. The van der Waals surface area contributed by atoms with E-state index in [2.05, 4.69) is 22.0 Å². The molecule has 0 spiro atoms. The Bertz CT molecular complexity index is 381. The van der Waals surface area contributed by atoms with E-state index in [9.17, 15) is 4.79 Å². The molecule has 1 saturated heterocycles. The minimum absolute atomic E-state index is 0.138. The van der Waals surface area contributed by atoms with Crippen molar-refractivity contribution in [3.05, 3.63) is 11.7 Å². The van der Waals surface area contributed by atoms with Crippen LogP contribution in [0.3, 0.4) is 0 Å². The number of rotatable bonds is 4. The fourth-order valence-corrected chi connectivity index (χ4v) is 2.23. The molecule has 5 nitrogen and oxygen atoms in total. The molecule has 0 aromatic carbocycles. The Kier molecular flexibility index (Phi) is 3.89. The van der Waals surface area contributed by atoms with Gasteiger partial charge in [0.1, 0.15) is 0 Å². The number of hydrogen-bond acceptors (Lipinski definition) is 5. The first-order chi connectivity index (χ1) is 8.19. The quantitative estimate of drug-likeness (QED) is 0.743. The average molecular weight is 237 g/mol. The largest absolute Gasteiger partial charge is 0.339 e. The summed E-state index contributed by atoms with van der Waals surface area (Å²) in [6.07, 6.45) is 3.15. The van der Waals surface area contributed by atoms with Gasteiger partial charge in [-0.25, -0.2) is 0 Å². The Morgan fingerprint density at radius 1 is 1.47 bits per heavy atom. The second-order valence-electron chi connectivity index (χ2n) is 4.65. The lowest BCUT2D eigenvalue weighted by molar-refractivity contribution is 0.100. The monoisotopic (exact) mass is 237 g/mol. The van der Waals surface area contributed by atoms with Crippen LogP contribution in [0.15, 0.2) is 4.52 Å². The summed E-state index contributed by atoms with van der Waals surface area (Å²) in [5.74, 6) is 1.27. The van der Waals surface area contributed by atoms with E-state index in [1.807, 2.05) is 0 Å². The van der Waals surface area contributed by atoms with E-state index in [0.29, 0.717) is 11.8 Å². The van der Waals surface area contributed by atoms with Crippen LogP contribution in [0.25, 0.3) is 0 Å². The highest BCUT2D eigenvalue weighted by atomic mass is 16.5. The van der Waals surface area contributed by atoms with Crippen LogP contribution in [-0.2, 0) is 6.42 Å². The van der Waals surface area contributed by atoms with Gasteiger partial charge >= 0.3 is 0 Å². The zero-order chi connectivity index (χ0) is 12.3. The van der Waals surface area contributed by atoms with Gasteiger partial charge in [-0.15, -0.1) is 0 Å². The van der Waals surface area contributed by atoms with Crippen molar-refractivity contribution in [2.75, 3.05) is 19.6 Å². The van der Waals surface area contributed by atoms with Gasteiger partial charge in [0.15, 0.2) is 0 Å². The van der Waals surface area contributed by atoms with Crippen molar-refractivity contribution in [1.82, 2.24) is 15.0 Å². The van der Waals surface area contributed by atoms with E-state index in [4.69, 9.17) is 4.52 Å². The first kappa shape index (κ1) is 12.2. The Balaban J connectivity index is 1.86. The SMILES string of the molecule is CCN1CCC(Cc2nc(C(C)=O)no2)CC1. The summed E-state index contributed by atoms with van der Waals surface area (Å²) in [6, 6.07) is 0. The Morgan fingerprint density at radius 3 is 2.71 bits per heavy atom. The number of hydrogen-bond donors (Lipinski definition) is 0. The number of carbonyl (C=O) groups excluding carboxylic acids is 1. The molecule has 2 rings (SSSR count). The summed E-state index contributed by atoms with van der Waals surface area (Å²) in [5, 5.41) is 3.67. The lowest BCUT2D eigenvalue weighted by Gasteiger charge is -2.30. The molecule has 1 aliphatic heterocycles. The maximum absolute atomic E-state index is 11.0. The van der Waals surface area contributed by atoms with Crippen molar-refractivity contribution < 1.29 is 9.32 Å². The van der Waals surface area contributed by atoms with Crippen LogP contribution in [0.2, 0.25) is 0 Å². The zero-order valence-electron chi connectivity index (χ0n) is 10.5. The number of ketones is 1. The highest BCUT2D eigenvalue weighted by molar-refractivity contribution is 5.89. The van der Waals surface area contributed by atoms with Gasteiger partial charge in [0.25, 0.3) is 0 Å². The lowest BCUT2D eigenvalue weighted by Crippen LogP contribution is -2.34. The molecule has 0 bridgehead atoms.